The first-order chi connectivity index (χ1) is 12.4. The highest BCUT2D eigenvalue weighted by atomic mass is 32.1. The largest absolute Gasteiger partial charge is 0.463 e. The van der Waals surface area contributed by atoms with Gasteiger partial charge in [0, 0.05) is 23.2 Å². The van der Waals surface area contributed by atoms with Crippen LogP contribution >= 0.6 is 11.3 Å². The second-order valence-electron chi connectivity index (χ2n) is 5.87. The Morgan fingerprint density at radius 2 is 2.15 bits per heavy atom. The van der Waals surface area contributed by atoms with Crippen LogP contribution in [0.5, 0.6) is 0 Å². The molecule has 1 aromatic heterocycles. The number of carbonyl (C=O) groups excluding carboxylic acids is 2. The van der Waals surface area contributed by atoms with Crippen LogP contribution in [0.4, 0.5) is 9.18 Å². The summed E-state index contributed by atoms with van der Waals surface area (Å²) in [6.07, 6.45) is 0. The molecule has 0 saturated carbocycles. The molecule has 1 aliphatic heterocycles. The van der Waals surface area contributed by atoms with Gasteiger partial charge in [-0.25, -0.2) is 14.0 Å². The predicted octanol–water partition coefficient (Wildman–Crippen LogP) is 4.09. The van der Waals surface area contributed by atoms with Crippen LogP contribution in [0.3, 0.4) is 0 Å². The molecule has 2 aromatic rings. The Morgan fingerprint density at radius 3 is 2.77 bits per heavy atom. The van der Waals surface area contributed by atoms with Gasteiger partial charge in [0.15, 0.2) is 0 Å². The third-order valence-corrected chi connectivity index (χ3v) is 5.29. The van der Waals surface area contributed by atoms with Gasteiger partial charge >= 0.3 is 12.0 Å². The lowest BCUT2D eigenvalue weighted by Crippen LogP contribution is -2.46. The summed E-state index contributed by atoms with van der Waals surface area (Å²) in [6.45, 7) is 3.54. The van der Waals surface area contributed by atoms with E-state index >= 15 is 0 Å². The lowest BCUT2D eigenvalue weighted by atomic mass is 9.93. The van der Waals surface area contributed by atoms with Gasteiger partial charge in [-0.1, -0.05) is 18.2 Å². The minimum atomic E-state index is -0.893. The van der Waals surface area contributed by atoms with Gasteiger partial charge in [0.05, 0.1) is 18.2 Å². The Balaban J connectivity index is 2.05. The van der Waals surface area contributed by atoms with Crippen LogP contribution in [0.25, 0.3) is 10.4 Å². The summed E-state index contributed by atoms with van der Waals surface area (Å²) >= 11 is 1.51. The molecule has 2 heterocycles. The number of benzene rings is 1. The first-order valence-electron chi connectivity index (χ1n) is 8.19. The van der Waals surface area contributed by atoms with E-state index in [1.165, 1.54) is 22.3 Å². The van der Waals surface area contributed by atoms with Crippen LogP contribution in [-0.2, 0) is 9.53 Å². The van der Waals surface area contributed by atoms with Crippen molar-refractivity contribution < 1.29 is 18.7 Å². The summed E-state index contributed by atoms with van der Waals surface area (Å²) in [5.41, 5.74) is 1.66. The van der Waals surface area contributed by atoms with Crippen molar-refractivity contribution in [2.24, 2.45) is 0 Å². The topological polar surface area (TPSA) is 58.6 Å². The molecule has 5 nitrogen and oxygen atoms in total. The standard InChI is InChI=1S/C19H19FN2O3S/c1-4-25-18(23)16-11(2)22(3)19(24)21-17(16)13-8-7-12(10-14(13)20)15-6-5-9-26-15/h5-10,17H,4H2,1-3H3,(H,21,24). The van der Waals surface area contributed by atoms with Crippen LogP contribution in [0, 0.1) is 5.82 Å². The van der Waals surface area contributed by atoms with Crippen LogP contribution in [0.2, 0.25) is 0 Å². The summed E-state index contributed by atoms with van der Waals surface area (Å²) in [4.78, 5) is 26.9. The molecule has 1 N–H and O–H groups in total. The third kappa shape index (κ3) is 3.22. The van der Waals surface area contributed by atoms with Gasteiger partial charge in [0.2, 0.25) is 0 Å². The number of amides is 2. The molecular weight excluding hydrogens is 355 g/mol. The molecule has 136 valence electrons. The molecule has 0 saturated heterocycles. The summed E-state index contributed by atoms with van der Waals surface area (Å²) in [6, 6.07) is 7.32. The first-order valence-corrected chi connectivity index (χ1v) is 9.07. The molecular formula is C19H19FN2O3S. The lowest BCUT2D eigenvalue weighted by Gasteiger charge is -2.33. The number of ether oxygens (including phenoxy) is 1. The third-order valence-electron chi connectivity index (χ3n) is 4.37. The molecule has 26 heavy (non-hydrogen) atoms. The highest BCUT2D eigenvalue weighted by molar-refractivity contribution is 7.13. The molecule has 2 amide bonds. The Hall–Kier alpha value is -2.67. The average molecular weight is 374 g/mol. The number of carbonyl (C=O) groups is 2. The van der Waals surface area contributed by atoms with Crippen molar-refractivity contribution in [1.29, 1.82) is 0 Å². The van der Waals surface area contributed by atoms with E-state index < -0.39 is 23.9 Å². The average Bonchev–Trinajstić information content (AvgIpc) is 3.14. The summed E-state index contributed by atoms with van der Waals surface area (Å²) in [5, 5.41) is 4.61. The second-order valence-corrected chi connectivity index (χ2v) is 6.82. The number of thiophene rings is 1. The van der Waals surface area contributed by atoms with Crippen LogP contribution in [-0.4, -0.2) is 30.6 Å². The van der Waals surface area contributed by atoms with Crippen molar-refractivity contribution in [3.63, 3.8) is 0 Å². The van der Waals surface area contributed by atoms with E-state index in [9.17, 15) is 14.0 Å². The summed E-state index contributed by atoms with van der Waals surface area (Å²) in [5.74, 6) is -1.05. The maximum Gasteiger partial charge on any atom is 0.338 e. The Morgan fingerprint density at radius 1 is 1.38 bits per heavy atom. The summed E-state index contributed by atoms with van der Waals surface area (Å²) in [7, 11) is 1.55. The van der Waals surface area contributed by atoms with Crippen molar-refractivity contribution in [2.75, 3.05) is 13.7 Å². The highest BCUT2D eigenvalue weighted by Crippen LogP contribution is 2.34. The quantitative estimate of drug-likeness (QED) is 0.820. The van der Waals surface area contributed by atoms with E-state index in [-0.39, 0.29) is 17.7 Å². The number of rotatable bonds is 4. The fourth-order valence-electron chi connectivity index (χ4n) is 2.90. The van der Waals surface area contributed by atoms with Gasteiger partial charge in [-0.3, -0.25) is 0 Å². The number of hydrogen-bond donors (Lipinski definition) is 1. The number of esters is 1. The zero-order valence-corrected chi connectivity index (χ0v) is 15.5. The van der Waals surface area contributed by atoms with E-state index in [2.05, 4.69) is 5.32 Å². The minimum Gasteiger partial charge on any atom is -0.463 e. The van der Waals surface area contributed by atoms with Gasteiger partial charge in [0.25, 0.3) is 0 Å². The van der Waals surface area contributed by atoms with E-state index in [0.717, 1.165) is 10.4 Å². The molecule has 1 atom stereocenters. The highest BCUT2D eigenvalue weighted by Gasteiger charge is 2.36. The van der Waals surface area contributed by atoms with Crippen molar-refractivity contribution in [3.05, 3.63) is 58.4 Å². The summed E-state index contributed by atoms with van der Waals surface area (Å²) < 4.78 is 20.0. The van der Waals surface area contributed by atoms with Crippen LogP contribution in [0.1, 0.15) is 25.5 Å². The number of nitrogens with one attached hydrogen (secondary N) is 1. The number of halogens is 1. The van der Waals surface area contributed by atoms with Gasteiger partial charge in [0.1, 0.15) is 5.82 Å². The molecule has 1 aliphatic rings. The Labute approximate surface area is 155 Å². The molecule has 1 aromatic carbocycles. The fourth-order valence-corrected chi connectivity index (χ4v) is 3.62. The van der Waals surface area contributed by atoms with E-state index in [0.29, 0.717) is 5.70 Å². The van der Waals surface area contributed by atoms with E-state index in [4.69, 9.17) is 4.74 Å². The smallest absolute Gasteiger partial charge is 0.338 e. The molecule has 7 heteroatoms. The minimum absolute atomic E-state index is 0.194. The zero-order chi connectivity index (χ0) is 18.8. The Bertz CT molecular complexity index is 877. The number of allylic oxidation sites excluding steroid dienone is 1. The molecule has 0 fully saturated rings. The normalized spacial score (nSPS) is 17.3. The molecule has 0 radical (unpaired) electrons. The Kier molecular flexibility index (Phi) is 5.08. The van der Waals surface area contributed by atoms with Gasteiger partial charge in [-0.2, -0.15) is 0 Å². The van der Waals surface area contributed by atoms with Crippen molar-refractivity contribution in [3.8, 4) is 10.4 Å². The SMILES string of the molecule is CCOC(=O)C1=C(C)N(C)C(=O)NC1c1ccc(-c2cccs2)cc1F. The van der Waals surface area contributed by atoms with Crippen LogP contribution < -0.4 is 5.32 Å². The molecule has 0 aliphatic carbocycles. The van der Waals surface area contributed by atoms with Gasteiger partial charge < -0.3 is 15.0 Å². The van der Waals surface area contributed by atoms with Crippen LogP contribution in [0.15, 0.2) is 47.0 Å². The van der Waals surface area contributed by atoms with Crippen molar-refractivity contribution in [2.45, 2.75) is 19.9 Å². The monoisotopic (exact) mass is 374 g/mol. The fraction of sp³-hybridized carbons (Fsp3) is 0.263. The van der Waals surface area contributed by atoms with Crippen molar-refractivity contribution >= 4 is 23.3 Å². The van der Waals surface area contributed by atoms with Crippen molar-refractivity contribution in [1.82, 2.24) is 10.2 Å². The maximum atomic E-state index is 14.9. The predicted molar refractivity (Wildman–Crippen MR) is 98.1 cm³/mol. The van der Waals surface area contributed by atoms with Gasteiger partial charge in [-0.05, 0) is 36.9 Å². The maximum absolute atomic E-state index is 14.9. The number of nitrogens with zero attached hydrogens (tertiary/aromatic N) is 1. The first kappa shape index (κ1) is 18.1. The lowest BCUT2D eigenvalue weighted by molar-refractivity contribution is -0.139. The number of urea groups is 1. The van der Waals surface area contributed by atoms with E-state index in [1.807, 2.05) is 17.5 Å². The van der Waals surface area contributed by atoms with Gasteiger partial charge in [-0.15, -0.1) is 11.3 Å². The molecule has 0 spiro atoms. The molecule has 0 bridgehead atoms. The zero-order valence-electron chi connectivity index (χ0n) is 14.7. The second kappa shape index (κ2) is 7.29. The molecule has 1 unspecified atom stereocenters. The molecule has 3 rings (SSSR count). The van der Waals surface area contributed by atoms with E-state index in [1.54, 1.807) is 33.0 Å². The number of hydrogen-bond acceptors (Lipinski definition) is 4.